The van der Waals surface area contributed by atoms with Gasteiger partial charge in [0.05, 0.1) is 35.2 Å². The molecule has 0 N–H and O–H groups in total. The predicted octanol–water partition coefficient (Wildman–Crippen LogP) is 2.53. The van der Waals surface area contributed by atoms with Gasteiger partial charge in [0.2, 0.25) is 10.0 Å². The van der Waals surface area contributed by atoms with Crippen molar-refractivity contribution in [3.63, 3.8) is 0 Å². The van der Waals surface area contributed by atoms with Crippen LogP contribution in [0.25, 0.3) is 6.08 Å². The first-order valence-electron chi connectivity index (χ1n) is 10.6. The second-order valence-electron chi connectivity index (χ2n) is 8.65. The van der Waals surface area contributed by atoms with E-state index in [4.69, 9.17) is 0 Å². The number of hydrogen-bond donors (Lipinski definition) is 0. The van der Waals surface area contributed by atoms with Crippen LogP contribution in [0, 0.1) is 0 Å². The highest BCUT2D eigenvalue weighted by Gasteiger charge is 2.32. The Morgan fingerprint density at radius 3 is 2.70 bits per heavy atom. The molecule has 1 fully saturated rings. The van der Waals surface area contributed by atoms with Crippen LogP contribution in [-0.4, -0.2) is 53.1 Å². The van der Waals surface area contributed by atoms with Gasteiger partial charge in [-0.1, -0.05) is 6.08 Å². The molecular weight excluding hydrogens is 398 g/mol. The van der Waals surface area contributed by atoms with Gasteiger partial charge in [-0.15, -0.1) is 0 Å². The molecule has 0 unspecified atom stereocenters. The van der Waals surface area contributed by atoms with Crippen LogP contribution in [0.2, 0.25) is 0 Å². The fourth-order valence-corrected chi connectivity index (χ4v) is 5.84. The van der Waals surface area contributed by atoms with Gasteiger partial charge in [-0.3, -0.25) is 4.98 Å². The van der Waals surface area contributed by atoms with Crippen molar-refractivity contribution in [3.05, 3.63) is 52.9 Å². The van der Waals surface area contributed by atoms with Gasteiger partial charge in [-0.05, 0) is 43.9 Å². The van der Waals surface area contributed by atoms with E-state index in [1.807, 2.05) is 6.20 Å². The monoisotopic (exact) mass is 425 g/mol. The van der Waals surface area contributed by atoms with E-state index in [1.165, 1.54) is 17.4 Å². The third kappa shape index (κ3) is 3.52. The van der Waals surface area contributed by atoms with Gasteiger partial charge in [0.15, 0.2) is 0 Å². The van der Waals surface area contributed by atoms with Gasteiger partial charge < -0.3 is 4.90 Å². The lowest BCUT2D eigenvalue weighted by atomic mass is 9.88. The highest BCUT2D eigenvalue weighted by Crippen LogP contribution is 2.35. The molecule has 8 heteroatoms. The maximum atomic E-state index is 11.9. The number of sulfonamides is 1. The number of allylic oxidation sites excluding steroid dienone is 1. The summed E-state index contributed by atoms with van der Waals surface area (Å²) in [5.41, 5.74) is 6.95. The van der Waals surface area contributed by atoms with Crippen LogP contribution in [-0.2, 0) is 29.4 Å². The summed E-state index contributed by atoms with van der Waals surface area (Å²) in [5, 5.41) is 0. The minimum absolute atomic E-state index is 0.275. The number of pyridine rings is 1. The van der Waals surface area contributed by atoms with E-state index in [0.29, 0.717) is 19.1 Å². The van der Waals surface area contributed by atoms with E-state index in [0.717, 1.165) is 55.0 Å². The number of anilines is 1. The van der Waals surface area contributed by atoms with Crippen LogP contribution in [0.15, 0.2) is 24.7 Å². The minimum atomic E-state index is -3.13. The Labute approximate surface area is 177 Å². The van der Waals surface area contributed by atoms with Crippen LogP contribution in [0.5, 0.6) is 0 Å². The lowest BCUT2D eigenvalue weighted by molar-refractivity contribution is 0.317. The van der Waals surface area contributed by atoms with E-state index in [2.05, 4.69) is 45.0 Å². The largest absolute Gasteiger partial charge is 0.363 e. The van der Waals surface area contributed by atoms with E-state index in [1.54, 1.807) is 10.6 Å². The molecule has 4 heterocycles. The highest BCUT2D eigenvalue weighted by molar-refractivity contribution is 7.88. The SMILES string of the molecule is C[C@@H]1Cc2ncnc(C3CCN(S(C)(=O)=O)CC3)c2CN1c1cnc2c(c1)CC=C2. The lowest BCUT2D eigenvalue weighted by Gasteiger charge is -2.38. The van der Waals surface area contributed by atoms with Crippen LogP contribution in [0.1, 0.15) is 53.9 Å². The molecule has 2 aromatic heterocycles. The maximum Gasteiger partial charge on any atom is 0.211 e. The zero-order chi connectivity index (χ0) is 20.9. The Hall–Kier alpha value is -2.32. The molecule has 3 aliphatic rings. The van der Waals surface area contributed by atoms with Gasteiger partial charge in [0.1, 0.15) is 6.33 Å². The fraction of sp³-hybridized carbons (Fsp3) is 0.500. The lowest BCUT2D eigenvalue weighted by Crippen LogP contribution is -2.41. The first-order valence-corrected chi connectivity index (χ1v) is 12.4. The molecule has 0 bridgehead atoms. The molecule has 0 amide bonds. The second kappa shape index (κ2) is 7.42. The average Bonchev–Trinajstić information content (AvgIpc) is 3.20. The topological polar surface area (TPSA) is 79.3 Å². The molecule has 0 aromatic carbocycles. The molecule has 1 atom stereocenters. The summed E-state index contributed by atoms with van der Waals surface area (Å²) >= 11 is 0. The molecule has 0 spiro atoms. The molecular formula is C22H27N5O2S. The molecule has 2 aliphatic heterocycles. The van der Waals surface area contributed by atoms with Crippen molar-refractivity contribution < 1.29 is 8.42 Å². The zero-order valence-corrected chi connectivity index (χ0v) is 18.3. The van der Waals surface area contributed by atoms with Crippen LogP contribution >= 0.6 is 0 Å². The molecule has 2 aromatic rings. The third-order valence-corrected chi connectivity index (χ3v) is 7.96. The molecule has 0 radical (unpaired) electrons. The smallest absolute Gasteiger partial charge is 0.211 e. The molecule has 158 valence electrons. The summed E-state index contributed by atoms with van der Waals surface area (Å²) in [4.78, 5) is 16.3. The molecule has 7 nitrogen and oxygen atoms in total. The summed E-state index contributed by atoms with van der Waals surface area (Å²) in [6.45, 7) is 4.13. The highest BCUT2D eigenvalue weighted by atomic mass is 32.2. The van der Waals surface area contributed by atoms with E-state index in [9.17, 15) is 8.42 Å². The first-order chi connectivity index (χ1) is 14.4. The molecule has 1 saturated heterocycles. The van der Waals surface area contributed by atoms with E-state index < -0.39 is 10.0 Å². The zero-order valence-electron chi connectivity index (χ0n) is 17.5. The summed E-state index contributed by atoms with van der Waals surface area (Å²) in [6.07, 6.45) is 12.6. The number of fused-ring (bicyclic) bond motifs is 2. The summed E-state index contributed by atoms with van der Waals surface area (Å²) < 4.78 is 25.3. The van der Waals surface area contributed by atoms with Gasteiger partial charge in [-0.25, -0.2) is 22.7 Å². The second-order valence-corrected chi connectivity index (χ2v) is 10.6. The van der Waals surface area contributed by atoms with E-state index in [-0.39, 0.29) is 5.92 Å². The van der Waals surface area contributed by atoms with Gasteiger partial charge in [0, 0.05) is 43.6 Å². The first kappa shape index (κ1) is 19.6. The van der Waals surface area contributed by atoms with Gasteiger partial charge >= 0.3 is 0 Å². The summed E-state index contributed by atoms with van der Waals surface area (Å²) in [5.74, 6) is 0.275. The molecule has 1 aliphatic carbocycles. The number of aromatic nitrogens is 3. The Balaban J connectivity index is 1.42. The Morgan fingerprint density at radius 2 is 1.93 bits per heavy atom. The van der Waals surface area contributed by atoms with Crippen LogP contribution in [0.4, 0.5) is 5.69 Å². The third-order valence-electron chi connectivity index (χ3n) is 6.66. The normalized spacial score (nSPS) is 22.2. The van der Waals surface area contributed by atoms with Crippen molar-refractivity contribution in [1.82, 2.24) is 19.3 Å². The van der Waals surface area contributed by atoms with Crippen molar-refractivity contribution >= 4 is 21.8 Å². The Bertz CT molecular complexity index is 1110. The van der Waals surface area contributed by atoms with Crippen molar-refractivity contribution in [1.29, 1.82) is 0 Å². The predicted molar refractivity (Wildman–Crippen MR) is 117 cm³/mol. The van der Waals surface area contributed by atoms with Crippen molar-refractivity contribution in [2.75, 3.05) is 24.2 Å². The van der Waals surface area contributed by atoms with Crippen molar-refractivity contribution in [2.24, 2.45) is 0 Å². The standard InChI is InChI=1S/C22H27N5O2S/c1-15-10-21-19(13-27(15)18-11-17-4-3-5-20(17)23-12-18)22(25-14-24-21)16-6-8-26(9-7-16)30(2,28)29/h3,5,11-12,14-16H,4,6-10,13H2,1-2H3/t15-/m1/s1. The van der Waals surface area contributed by atoms with Gasteiger partial charge in [0.25, 0.3) is 0 Å². The Kier molecular flexibility index (Phi) is 4.86. The Morgan fingerprint density at radius 1 is 1.13 bits per heavy atom. The minimum Gasteiger partial charge on any atom is -0.363 e. The molecule has 30 heavy (non-hydrogen) atoms. The fourth-order valence-electron chi connectivity index (χ4n) is 4.96. The summed E-state index contributed by atoms with van der Waals surface area (Å²) in [7, 11) is -3.13. The average molecular weight is 426 g/mol. The van der Waals surface area contributed by atoms with Crippen LogP contribution in [0.3, 0.4) is 0 Å². The number of hydrogen-bond acceptors (Lipinski definition) is 6. The molecule has 5 rings (SSSR count). The summed E-state index contributed by atoms with van der Waals surface area (Å²) in [6, 6.07) is 2.60. The van der Waals surface area contributed by atoms with E-state index >= 15 is 0 Å². The molecule has 0 saturated carbocycles. The quantitative estimate of drug-likeness (QED) is 0.752. The van der Waals surface area contributed by atoms with Crippen molar-refractivity contribution in [3.8, 4) is 0 Å². The number of rotatable bonds is 3. The van der Waals surface area contributed by atoms with Crippen LogP contribution < -0.4 is 4.90 Å². The van der Waals surface area contributed by atoms with Crippen molar-refractivity contribution in [2.45, 2.75) is 51.1 Å². The number of nitrogens with zero attached hydrogens (tertiary/aromatic N) is 5. The maximum absolute atomic E-state index is 11.9. The van der Waals surface area contributed by atoms with Gasteiger partial charge in [-0.2, -0.15) is 0 Å². The number of piperidine rings is 1.